The normalized spacial score (nSPS) is 11.7. The van der Waals surface area contributed by atoms with Crippen molar-refractivity contribution < 1.29 is 17.2 Å². The van der Waals surface area contributed by atoms with E-state index in [4.69, 9.17) is 0 Å². The van der Waals surface area contributed by atoms with Crippen LogP contribution < -0.4 is 4.72 Å². The highest BCUT2D eigenvalue weighted by molar-refractivity contribution is 7.88. The van der Waals surface area contributed by atoms with E-state index in [1.54, 1.807) is 30.1 Å². The molecule has 0 aliphatic rings. The molecule has 3 rings (SSSR count). The van der Waals surface area contributed by atoms with E-state index >= 15 is 0 Å². The molecule has 0 atom stereocenters. The Morgan fingerprint density at radius 1 is 1.12 bits per heavy atom. The van der Waals surface area contributed by atoms with Crippen molar-refractivity contribution in [2.75, 3.05) is 0 Å². The van der Waals surface area contributed by atoms with Crippen molar-refractivity contribution in [3.8, 4) is 11.4 Å². The first-order valence-electron chi connectivity index (χ1n) is 7.69. The number of aryl methyl sites for hydroxylation is 1. The van der Waals surface area contributed by atoms with Crippen LogP contribution in [0.15, 0.2) is 48.7 Å². The Morgan fingerprint density at radius 3 is 2.50 bits per heavy atom. The van der Waals surface area contributed by atoms with E-state index in [9.17, 15) is 17.2 Å². The molecule has 136 valence electrons. The monoisotopic (exact) mass is 378 g/mol. The maximum absolute atomic E-state index is 13.2. The Morgan fingerprint density at radius 2 is 1.85 bits per heavy atom. The molecule has 0 saturated heterocycles. The lowest BCUT2D eigenvalue weighted by Gasteiger charge is -2.06. The lowest BCUT2D eigenvalue weighted by molar-refractivity contribution is 0.573. The number of rotatable bonds is 6. The van der Waals surface area contributed by atoms with Crippen molar-refractivity contribution in [2.24, 2.45) is 7.05 Å². The average Bonchev–Trinajstić information content (AvgIpc) is 2.93. The third-order valence-corrected chi connectivity index (χ3v) is 4.91. The van der Waals surface area contributed by atoms with Crippen LogP contribution in [0.1, 0.15) is 11.3 Å². The molecular weight excluding hydrogens is 362 g/mol. The molecule has 3 aromatic rings. The molecule has 0 amide bonds. The van der Waals surface area contributed by atoms with Crippen molar-refractivity contribution in [3.63, 3.8) is 0 Å². The van der Waals surface area contributed by atoms with Crippen LogP contribution in [0.25, 0.3) is 11.4 Å². The Hall–Kier alpha value is -2.65. The highest BCUT2D eigenvalue weighted by Crippen LogP contribution is 2.17. The molecule has 0 unspecified atom stereocenters. The summed E-state index contributed by atoms with van der Waals surface area (Å²) in [5, 5.41) is 4.26. The van der Waals surface area contributed by atoms with Gasteiger partial charge in [-0.3, -0.25) is 9.67 Å². The number of aromatic nitrogens is 3. The van der Waals surface area contributed by atoms with E-state index in [2.05, 4.69) is 14.8 Å². The second-order valence-corrected chi connectivity index (χ2v) is 7.52. The molecule has 0 aliphatic carbocycles. The maximum atomic E-state index is 13.2. The van der Waals surface area contributed by atoms with Gasteiger partial charge in [0.05, 0.1) is 29.4 Å². The summed E-state index contributed by atoms with van der Waals surface area (Å²) < 4.78 is 54.7. The highest BCUT2D eigenvalue weighted by atomic mass is 32.2. The van der Waals surface area contributed by atoms with E-state index in [1.807, 2.05) is 12.1 Å². The van der Waals surface area contributed by atoms with E-state index in [0.29, 0.717) is 17.5 Å². The number of nitrogens with one attached hydrogen (secondary N) is 1. The van der Waals surface area contributed by atoms with Crippen LogP contribution in [-0.4, -0.2) is 23.2 Å². The lowest BCUT2D eigenvalue weighted by atomic mass is 10.2. The van der Waals surface area contributed by atoms with E-state index < -0.39 is 27.4 Å². The molecule has 2 aromatic heterocycles. The third-order valence-electron chi connectivity index (χ3n) is 3.61. The van der Waals surface area contributed by atoms with Crippen LogP contribution in [0.2, 0.25) is 0 Å². The number of hydrogen-bond donors (Lipinski definition) is 1. The molecule has 0 saturated carbocycles. The van der Waals surface area contributed by atoms with Crippen molar-refractivity contribution in [1.82, 2.24) is 19.5 Å². The van der Waals surface area contributed by atoms with Gasteiger partial charge in [-0.15, -0.1) is 0 Å². The summed E-state index contributed by atoms with van der Waals surface area (Å²) in [6.45, 7) is -0.0409. The molecule has 0 aliphatic heterocycles. The molecule has 0 fully saturated rings. The van der Waals surface area contributed by atoms with Crippen LogP contribution >= 0.6 is 0 Å². The SMILES string of the molecule is Cn1nc(CNS(=O)(=O)Cc2cc(F)cc(F)c2)cc1-c1ccccn1. The van der Waals surface area contributed by atoms with Crippen LogP contribution in [0.5, 0.6) is 0 Å². The fourth-order valence-corrected chi connectivity index (χ4v) is 3.59. The average molecular weight is 378 g/mol. The van der Waals surface area contributed by atoms with Crippen LogP contribution in [-0.2, 0) is 29.4 Å². The van der Waals surface area contributed by atoms with Gasteiger partial charge in [0.2, 0.25) is 10.0 Å². The smallest absolute Gasteiger partial charge is 0.216 e. The number of sulfonamides is 1. The second-order valence-electron chi connectivity index (χ2n) is 5.72. The van der Waals surface area contributed by atoms with Gasteiger partial charge in [-0.1, -0.05) is 6.07 Å². The van der Waals surface area contributed by atoms with Crippen molar-refractivity contribution in [1.29, 1.82) is 0 Å². The molecule has 0 bridgehead atoms. The summed E-state index contributed by atoms with van der Waals surface area (Å²) in [6, 6.07) is 9.86. The minimum Gasteiger partial charge on any atom is -0.266 e. The fourth-order valence-electron chi connectivity index (χ4n) is 2.52. The van der Waals surface area contributed by atoms with E-state index in [1.165, 1.54) is 0 Å². The number of benzene rings is 1. The Kier molecular flexibility index (Phi) is 5.10. The highest BCUT2D eigenvalue weighted by Gasteiger charge is 2.15. The van der Waals surface area contributed by atoms with Gasteiger partial charge in [0.25, 0.3) is 0 Å². The molecule has 26 heavy (non-hydrogen) atoms. The van der Waals surface area contributed by atoms with Gasteiger partial charge < -0.3 is 0 Å². The largest absolute Gasteiger partial charge is 0.266 e. The molecule has 2 heterocycles. The predicted molar refractivity (Wildman–Crippen MR) is 92.3 cm³/mol. The van der Waals surface area contributed by atoms with Gasteiger partial charge in [-0.25, -0.2) is 21.9 Å². The second kappa shape index (κ2) is 7.30. The van der Waals surface area contributed by atoms with Crippen LogP contribution in [0.4, 0.5) is 8.78 Å². The lowest BCUT2D eigenvalue weighted by Crippen LogP contribution is -2.25. The van der Waals surface area contributed by atoms with Crippen molar-refractivity contribution >= 4 is 10.0 Å². The summed E-state index contributed by atoms with van der Waals surface area (Å²) in [6.07, 6.45) is 1.66. The third kappa shape index (κ3) is 4.50. The zero-order valence-corrected chi connectivity index (χ0v) is 14.7. The fraction of sp³-hybridized carbons (Fsp3) is 0.176. The van der Waals surface area contributed by atoms with Gasteiger partial charge in [0, 0.05) is 19.3 Å². The van der Waals surface area contributed by atoms with Crippen LogP contribution in [0.3, 0.4) is 0 Å². The van der Waals surface area contributed by atoms with E-state index in [0.717, 1.165) is 17.8 Å². The minimum absolute atomic E-state index is 0.0326. The number of halogens is 2. The van der Waals surface area contributed by atoms with Crippen LogP contribution in [0, 0.1) is 11.6 Å². The molecule has 0 radical (unpaired) electrons. The molecular formula is C17H16F2N4O2S. The standard InChI is InChI=1S/C17H16F2N4O2S/c1-23-17(16-4-2-3-5-20-16)9-15(22-23)10-21-26(24,25)11-12-6-13(18)8-14(19)7-12/h2-9,21H,10-11H2,1H3. The summed E-state index contributed by atoms with van der Waals surface area (Å²) in [7, 11) is -2.05. The van der Waals surface area contributed by atoms with Gasteiger partial charge in [0.15, 0.2) is 0 Å². The number of nitrogens with zero attached hydrogens (tertiary/aromatic N) is 3. The Labute approximate surface area is 149 Å². The minimum atomic E-state index is -3.78. The summed E-state index contributed by atoms with van der Waals surface area (Å²) in [5.74, 6) is -2.17. The van der Waals surface area contributed by atoms with E-state index in [-0.39, 0.29) is 12.1 Å². The zero-order chi connectivity index (χ0) is 18.7. The molecule has 1 aromatic carbocycles. The Balaban J connectivity index is 1.70. The first-order chi connectivity index (χ1) is 12.3. The topological polar surface area (TPSA) is 76.9 Å². The summed E-state index contributed by atoms with van der Waals surface area (Å²) >= 11 is 0. The maximum Gasteiger partial charge on any atom is 0.216 e. The van der Waals surface area contributed by atoms with Gasteiger partial charge in [0.1, 0.15) is 11.6 Å². The zero-order valence-electron chi connectivity index (χ0n) is 13.9. The number of pyridine rings is 1. The van der Waals surface area contributed by atoms with Gasteiger partial charge >= 0.3 is 0 Å². The van der Waals surface area contributed by atoms with Gasteiger partial charge in [-0.2, -0.15) is 5.10 Å². The number of hydrogen-bond acceptors (Lipinski definition) is 4. The molecule has 6 nitrogen and oxygen atoms in total. The predicted octanol–water partition coefficient (Wildman–Crippen LogP) is 2.38. The summed E-state index contributed by atoms with van der Waals surface area (Å²) in [5.41, 5.74) is 1.99. The summed E-state index contributed by atoms with van der Waals surface area (Å²) in [4.78, 5) is 4.23. The van der Waals surface area contributed by atoms with Crippen molar-refractivity contribution in [2.45, 2.75) is 12.3 Å². The first-order valence-corrected chi connectivity index (χ1v) is 9.34. The molecule has 0 spiro atoms. The Bertz CT molecular complexity index is 1000. The van der Waals surface area contributed by atoms with Crippen molar-refractivity contribution in [3.05, 3.63) is 71.6 Å². The molecule has 9 heteroatoms. The first kappa shape index (κ1) is 18.2. The molecule has 1 N–H and O–H groups in total. The van der Waals surface area contributed by atoms with Gasteiger partial charge in [-0.05, 0) is 35.9 Å². The quantitative estimate of drug-likeness (QED) is 0.715.